The fourth-order valence-electron chi connectivity index (χ4n) is 3.59. The number of rotatable bonds is 6. The van der Waals surface area contributed by atoms with Gasteiger partial charge in [-0.05, 0) is 45.7 Å². The monoisotopic (exact) mass is 432 g/mol. The van der Waals surface area contributed by atoms with E-state index in [1.54, 1.807) is 39.6 Å². The molecule has 0 aliphatic carbocycles. The lowest BCUT2D eigenvalue weighted by molar-refractivity contribution is 0.390. The average molecular weight is 433 g/mol. The van der Waals surface area contributed by atoms with E-state index in [-0.39, 0.29) is 10.9 Å². The molecular weight excluding hydrogens is 408 g/mol. The summed E-state index contributed by atoms with van der Waals surface area (Å²) in [6.07, 6.45) is 4.97. The van der Waals surface area contributed by atoms with Crippen LogP contribution in [0.2, 0.25) is 0 Å². The molecule has 0 bridgehead atoms. The second-order valence-electron chi connectivity index (χ2n) is 7.06. The maximum absolute atomic E-state index is 13.4. The number of thiazole rings is 1. The third-order valence-electron chi connectivity index (χ3n) is 4.98. The lowest BCUT2D eigenvalue weighted by atomic mass is 10.1. The Balaban J connectivity index is 1.63. The van der Waals surface area contributed by atoms with Gasteiger partial charge in [-0.3, -0.25) is 4.68 Å². The number of aromatic nitrogens is 4. The smallest absolute Gasteiger partial charge is 0.247 e. The van der Waals surface area contributed by atoms with Crippen molar-refractivity contribution in [1.82, 2.24) is 24.1 Å². The fourth-order valence-corrected chi connectivity index (χ4v) is 6.10. The Hall–Kier alpha value is -2.30. The van der Waals surface area contributed by atoms with Gasteiger partial charge in [-0.25, -0.2) is 18.4 Å². The molecule has 154 valence electrons. The van der Waals surface area contributed by atoms with E-state index in [1.165, 1.54) is 0 Å². The van der Waals surface area contributed by atoms with Crippen LogP contribution in [-0.4, -0.2) is 39.0 Å². The Bertz CT molecular complexity index is 1120. The fraction of sp³-hybridized carbons (Fsp3) is 0.421. The molecule has 0 amide bonds. The quantitative estimate of drug-likeness (QED) is 0.639. The topological polar surface area (TPSA) is 93.0 Å². The molecule has 1 fully saturated rings. The second kappa shape index (κ2) is 7.85. The van der Waals surface area contributed by atoms with Crippen LogP contribution in [-0.2, 0) is 16.6 Å². The van der Waals surface area contributed by atoms with Crippen molar-refractivity contribution in [3.63, 3.8) is 0 Å². The lowest BCUT2D eigenvalue weighted by Gasteiger charge is -2.23. The molecule has 0 saturated carbocycles. The van der Waals surface area contributed by atoms with E-state index >= 15 is 0 Å². The molecular formula is C19H24N6O2S2. The van der Waals surface area contributed by atoms with Crippen molar-refractivity contribution in [3.05, 3.63) is 46.9 Å². The van der Waals surface area contributed by atoms with E-state index in [0.717, 1.165) is 28.5 Å². The molecule has 10 heteroatoms. The zero-order chi connectivity index (χ0) is 20.6. The van der Waals surface area contributed by atoms with Crippen molar-refractivity contribution < 1.29 is 8.42 Å². The first-order valence-electron chi connectivity index (χ1n) is 9.61. The van der Waals surface area contributed by atoms with Gasteiger partial charge in [0.25, 0.3) is 0 Å². The number of aryl methyl sites for hydroxylation is 3. The SMILES string of the molecule is CCn1cc(S(=O)(=O)N2CCC[C@@H]2c2cccc(Nc3ncc(C)s3)n2)c(C)n1. The van der Waals surface area contributed by atoms with E-state index in [9.17, 15) is 8.42 Å². The van der Waals surface area contributed by atoms with Crippen LogP contribution in [0, 0.1) is 13.8 Å². The van der Waals surface area contributed by atoms with Gasteiger partial charge in [0.1, 0.15) is 10.7 Å². The zero-order valence-electron chi connectivity index (χ0n) is 16.7. The predicted octanol–water partition coefficient (Wildman–Crippen LogP) is 3.64. The average Bonchev–Trinajstić information content (AvgIpc) is 3.42. The van der Waals surface area contributed by atoms with Crippen LogP contribution in [0.25, 0.3) is 0 Å². The maximum atomic E-state index is 13.4. The molecule has 8 nitrogen and oxygen atoms in total. The van der Waals surface area contributed by atoms with Gasteiger partial charge >= 0.3 is 0 Å². The Labute approximate surface area is 174 Å². The molecule has 0 unspecified atom stereocenters. The van der Waals surface area contributed by atoms with Crippen LogP contribution in [0.1, 0.15) is 42.1 Å². The number of sulfonamides is 1. The van der Waals surface area contributed by atoms with Crippen molar-refractivity contribution >= 4 is 32.3 Å². The summed E-state index contributed by atoms with van der Waals surface area (Å²) < 4.78 is 30.0. The van der Waals surface area contributed by atoms with Gasteiger partial charge in [0.05, 0.1) is 17.4 Å². The molecule has 3 aromatic rings. The van der Waals surface area contributed by atoms with Gasteiger partial charge in [-0.15, -0.1) is 11.3 Å². The number of pyridine rings is 1. The van der Waals surface area contributed by atoms with E-state index in [0.29, 0.717) is 24.6 Å². The van der Waals surface area contributed by atoms with Gasteiger partial charge in [-0.1, -0.05) is 6.07 Å². The van der Waals surface area contributed by atoms with E-state index in [1.807, 2.05) is 32.0 Å². The van der Waals surface area contributed by atoms with Crippen molar-refractivity contribution in [2.45, 2.75) is 51.1 Å². The molecule has 4 rings (SSSR count). The van der Waals surface area contributed by atoms with E-state index in [2.05, 4.69) is 20.4 Å². The summed E-state index contributed by atoms with van der Waals surface area (Å²) in [6, 6.07) is 5.36. The lowest BCUT2D eigenvalue weighted by Crippen LogP contribution is -2.31. The summed E-state index contributed by atoms with van der Waals surface area (Å²) in [7, 11) is -3.65. The second-order valence-corrected chi connectivity index (χ2v) is 10.2. The van der Waals surface area contributed by atoms with E-state index in [4.69, 9.17) is 0 Å². The predicted molar refractivity (Wildman–Crippen MR) is 113 cm³/mol. The van der Waals surface area contributed by atoms with Crippen LogP contribution in [0.3, 0.4) is 0 Å². The summed E-state index contributed by atoms with van der Waals surface area (Å²) in [5.74, 6) is 0.663. The number of hydrogen-bond donors (Lipinski definition) is 1. The normalized spacial score (nSPS) is 17.7. The van der Waals surface area contributed by atoms with Crippen LogP contribution in [0.15, 0.2) is 35.5 Å². The van der Waals surface area contributed by atoms with Crippen molar-refractivity contribution in [2.75, 3.05) is 11.9 Å². The summed E-state index contributed by atoms with van der Waals surface area (Å²) in [5.41, 5.74) is 1.27. The van der Waals surface area contributed by atoms with Crippen LogP contribution >= 0.6 is 11.3 Å². The standard InChI is InChI=1S/C19H24N6O2S2/c1-4-24-12-17(14(3)23-24)29(26,27)25-10-6-8-16(25)15-7-5-9-18(21-15)22-19-20-11-13(2)28-19/h5,7,9,11-12,16H,4,6,8,10H2,1-3H3,(H,20,21,22)/t16-/m1/s1. The van der Waals surface area contributed by atoms with Gasteiger partial charge in [-0.2, -0.15) is 9.40 Å². The Morgan fingerprint density at radius 3 is 2.83 bits per heavy atom. The molecule has 1 aliphatic heterocycles. The molecule has 1 saturated heterocycles. The van der Waals surface area contributed by atoms with Gasteiger partial charge in [0.2, 0.25) is 10.0 Å². The molecule has 3 aromatic heterocycles. The molecule has 1 aliphatic rings. The first-order valence-corrected chi connectivity index (χ1v) is 11.9. The zero-order valence-corrected chi connectivity index (χ0v) is 18.3. The highest BCUT2D eigenvalue weighted by atomic mass is 32.2. The molecule has 0 aromatic carbocycles. The molecule has 4 heterocycles. The number of hydrogen-bond acceptors (Lipinski definition) is 7. The molecule has 1 N–H and O–H groups in total. The number of nitrogens with zero attached hydrogens (tertiary/aromatic N) is 5. The third kappa shape index (κ3) is 3.92. The molecule has 0 radical (unpaired) electrons. The summed E-state index contributed by atoms with van der Waals surface area (Å²) in [5, 5.41) is 8.28. The molecule has 1 atom stereocenters. The highest BCUT2D eigenvalue weighted by Crippen LogP contribution is 2.37. The number of nitrogens with one attached hydrogen (secondary N) is 1. The third-order valence-corrected chi connectivity index (χ3v) is 7.82. The van der Waals surface area contributed by atoms with Gasteiger partial charge in [0, 0.05) is 30.4 Å². The summed E-state index contributed by atoms with van der Waals surface area (Å²) >= 11 is 1.55. The highest BCUT2D eigenvalue weighted by molar-refractivity contribution is 7.89. The maximum Gasteiger partial charge on any atom is 0.247 e. The number of anilines is 2. The van der Waals surface area contributed by atoms with Crippen LogP contribution in [0.5, 0.6) is 0 Å². The van der Waals surface area contributed by atoms with Crippen LogP contribution in [0.4, 0.5) is 10.9 Å². The van der Waals surface area contributed by atoms with Crippen molar-refractivity contribution in [1.29, 1.82) is 0 Å². The minimum absolute atomic E-state index is 0.277. The Morgan fingerprint density at radius 1 is 1.31 bits per heavy atom. The first-order chi connectivity index (χ1) is 13.9. The van der Waals surface area contributed by atoms with E-state index < -0.39 is 10.0 Å². The van der Waals surface area contributed by atoms with Crippen LogP contribution < -0.4 is 5.32 Å². The van der Waals surface area contributed by atoms with Gasteiger partial charge in [0.15, 0.2) is 5.13 Å². The summed E-state index contributed by atoms with van der Waals surface area (Å²) in [6.45, 7) is 6.79. The largest absolute Gasteiger partial charge is 0.316 e. The van der Waals surface area contributed by atoms with Gasteiger partial charge < -0.3 is 5.32 Å². The minimum Gasteiger partial charge on any atom is -0.316 e. The summed E-state index contributed by atoms with van der Waals surface area (Å²) in [4.78, 5) is 10.4. The Morgan fingerprint density at radius 2 is 2.14 bits per heavy atom. The highest BCUT2D eigenvalue weighted by Gasteiger charge is 2.38. The molecule has 29 heavy (non-hydrogen) atoms. The van der Waals surface area contributed by atoms with Crippen molar-refractivity contribution in [3.8, 4) is 0 Å². The molecule has 0 spiro atoms. The Kier molecular flexibility index (Phi) is 5.41. The first kappa shape index (κ1) is 20.0. The minimum atomic E-state index is -3.65. The van der Waals surface area contributed by atoms with Crippen molar-refractivity contribution in [2.24, 2.45) is 0 Å².